The molecular weight excluding hydrogens is 158 g/mol. The van der Waals surface area contributed by atoms with Crippen molar-refractivity contribution in [1.29, 1.82) is 0 Å². The zero-order chi connectivity index (χ0) is 8.55. The maximum atomic E-state index is 10.7. The molecule has 0 aliphatic carbocycles. The summed E-state index contributed by atoms with van der Waals surface area (Å²) >= 11 is 0. The van der Waals surface area contributed by atoms with Gasteiger partial charge in [-0.2, -0.15) is 0 Å². The Balaban J connectivity index is 2.37. The molecular formula is C8H9NO3. The van der Waals surface area contributed by atoms with Gasteiger partial charge in [-0.25, -0.2) is 0 Å². The summed E-state index contributed by atoms with van der Waals surface area (Å²) < 4.78 is 5.13. The van der Waals surface area contributed by atoms with E-state index in [4.69, 9.17) is 9.52 Å². The van der Waals surface area contributed by atoms with Crippen molar-refractivity contribution < 1.29 is 14.3 Å². The lowest BCUT2D eigenvalue weighted by molar-refractivity contribution is -0.139. The predicted octanol–water partition coefficient (Wildman–Crippen LogP) is 0.551. The van der Waals surface area contributed by atoms with Crippen molar-refractivity contribution in [2.24, 2.45) is 0 Å². The highest BCUT2D eigenvalue weighted by Gasteiger charge is 2.27. The molecule has 1 aromatic heterocycles. The molecule has 0 aromatic carbocycles. The van der Waals surface area contributed by atoms with Crippen LogP contribution in [0, 0.1) is 0 Å². The van der Waals surface area contributed by atoms with Crippen LogP contribution in [0.4, 0.5) is 0 Å². The highest BCUT2D eigenvalue weighted by atomic mass is 16.4. The molecule has 0 saturated carbocycles. The lowest BCUT2D eigenvalue weighted by Gasteiger charge is -2.18. The van der Waals surface area contributed by atoms with E-state index in [1.807, 2.05) is 0 Å². The third-order valence-electron chi connectivity index (χ3n) is 2.04. The molecule has 64 valence electrons. The van der Waals surface area contributed by atoms with E-state index >= 15 is 0 Å². The Bertz CT molecular complexity index is 305. The largest absolute Gasteiger partial charge is 0.480 e. The van der Waals surface area contributed by atoms with Gasteiger partial charge in [-0.05, 0) is 6.07 Å². The second kappa shape index (κ2) is 2.64. The summed E-state index contributed by atoms with van der Waals surface area (Å²) in [5.74, 6) is -0.0569. The Morgan fingerprint density at radius 2 is 2.58 bits per heavy atom. The maximum absolute atomic E-state index is 10.7. The van der Waals surface area contributed by atoms with E-state index in [1.165, 1.54) is 6.26 Å². The first-order valence-electron chi connectivity index (χ1n) is 3.81. The summed E-state index contributed by atoms with van der Waals surface area (Å²) in [5.41, 5.74) is 0.758. The number of furan rings is 1. The van der Waals surface area contributed by atoms with E-state index in [2.05, 4.69) is 5.32 Å². The minimum atomic E-state index is -0.850. The van der Waals surface area contributed by atoms with Crippen molar-refractivity contribution >= 4 is 5.97 Å². The highest BCUT2D eigenvalue weighted by molar-refractivity contribution is 5.76. The summed E-state index contributed by atoms with van der Waals surface area (Å²) in [6, 6.07) is 1.12. The molecule has 0 unspecified atom stereocenters. The van der Waals surface area contributed by atoms with Crippen LogP contribution < -0.4 is 5.32 Å². The number of rotatable bonds is 1. The van der Waals surface area contributed by atoms with Crippen LogP contribution in [0.1, 0.15) is 17.4 Å². The molecule has 2 heterocycles. The molecule has 0 saturated heterocycles. The van der Waals surface area contributed by atoms with Crippen molar-refractivity contribution in [2.75, 3.05) is 6.54 Å². The molecule has 0 amide bonds. The van der Waals surface area contributed by atoms with E-state index in [0.29, 0.717) is 6.54 Å². The van der Waals surface area contributed by atoms with Gasteiger partial charge in [-0.3, -0.25) is 4.79 Å². The second-order valence-corrected chi connectivity index (χ2v) is 2.77. The maximum Gasteiger partial charge on any atom is 0.325 e. The van der Waals surface area contributed by atoms with E-state index < -0.39 is 12.0 Å². The van der Waals surface area contributed by atoms with Gasteiger partial charge >= 0.3 is 5.97 Å². The van der Waals surface area contributed by atoms with Crippen molar-refractivity contribution in [3.8, 4) is 0 Å². The molecule has 1 atom stereocenters. The van der Waals surface area contributed by atoms with Crippen LogP contribution in [-0.2, 0) is 11.2 Å². The number of hydrogen-bond donors (Lipinski definition) is 2. The molecule has 4 nitrogen and oxygen atoms in total. The van der Waals surface area contributed by atoms with Gasteiger partial charge in [-0.1, -0.05) is 0 Å². The number of fused-ring (bicyclic) bond motifs is 1. The molecule has 0 bridgehead atoms. The third kappa shape index (κ3) is 1.00. The Morgan fingerprint density at radius 3 is 3.33 bits per heavy atom. The third-order valence-corrected chi connectivity index (χ3v) is 2.04. The molecule has 0 spiro atoms. The van der Waals surface area contributed by atoms with E-state index in [-0.39, 0.29) is 0 Å². The summed E-state index contributed by atoms with van der Waals surface area (Å²) in [4.78, 5) is 10.7. The summed E-state index contributed by atoms with van der Waals surface area (Å²) in [7, 11) is 0. The number of hydrogen-bond acceptors (Lipinski definition) is 3. The van der Waals surface area contributed by atoms with Crippen molar-refractivity contribution in [2.45, 2.75) is 12.5 Å². The van der Waals surface area contributed by atoms with Gasteiger partial charge in [0.2, 0.25) is 0 Å². The van der Waals surface area contributed by atoms with Gasteiger partial charge in [0, 0.05) is 18.5 Å². The molecule has 2 rings (SSSR count). The summed E-state index contributed by atoms with van der Waals surface area (Å²) in [6.45, 7) is 0.664. The fraction of sp³-hybridized carbons (Fsp3) is 0.375. The molecule has 1 aromatic rings. The molecule has 0 radical (unpaired) electrons. The molecule has 0 fully saturated rings. The van der Waals surface area contributed by atoms with Crippen molar-refractivity contribution in [3.05, 3.63) is 23.7 Å². The van der Waals surface area contributed by atoms with Crippen LogP contribution >= 0.6 is 0 Å². The van der Waals surface area contributed by atoms with Gasteiger partial charge in [0.25, 0.3) is 0 Å². The topological polar surface area (TPSA) is 62.5 Å². The van der Waals surface area contributed by atoms with Crippen molar-refractivity contribution in [1.82, 2.24) is 5.32 Å². The lowest BCUT2D eigenvalue weighted by atomic mass is 10.0. The van der Waals surface area contributed by atoms with Gasteiger partial charge in [-0.15, -0.1) is 0 Å². The minimum Gasteiger partial charge on any atom is -0.480 e. The summed E-state index contributed by atoms with van der Waals surface area (Å²) in [5, 5.41) is 11.7. The number of nitrogens with one attached hydrogen (secondary N) is 1. The van der Waals surface area contributed by atoms with Gasteiger partial charge in [0.15, 0.2) is 0 Å². The number of carbonyl (C=O) groups is 1. The predicted molar refractivity (Wildman–Crippen MR) is 40.8 cm³/mol. The smallest absolute Gasteiger partial charge is 0.325 e. The van der Waals surface area contributed by atoms with Gasteiger partial charge in [0.1, 0.15) is 11.8 Å². The van der Waals surface area contributed by atoms with Crippen LogP contribution in [0.25, 0.3) is 0 Å². The van der Waals surface area contributed by atoms with Crippen molar-refractivity contribution in [3.63, 3.8) is 0 Å². The zero-order valence-corrected chi connectivity index (χ0v) is 6.41. The first kappa shape index (κ1) is 7.36. The highest BCUT2D eigenvalue weighted by Crippen LogP contribution is 2.23. The van der Waals surface area contributed by atoms with Gasteiger partial charge < -0.3 is 14.8 Å². The van der Waals surface area contributed by atoms with E-state index in [0.717, 1.165) is 17.7 Å². The first-order valence-corrected chi connectivity index (χ1v) is 3.81. The first-order chi connectivity index (χ1) is 5.79. The Labute approximate surface area is 69.2 Å². The minimum absolute atomic E-state index is 0.590. The number of carboxylic acid groups (broad SMARTS) is 1. The van der Waals surface area contributed by atoms with Crippen LogP contribution in [0.2, 0.25) is 0 Å². The normalized spacial score (nSPS) is 21.8. The van der Waals surface area contributed by atoms with Crippen LogP contribution in [0.15, 0.2) is 16.7 Å². The quantitative estimate of drug-likeness (QED) is 0.641. The number of carboxylic acids is 1. The summed E-state index contributed by atoms with van der Waals surface area (Å²) in [6.07, 6.45) is 2.31. The van der Waals surface area contributed by atoms with Gasteiger partial charge in [0.05, 0.1) is 6.26 Å². The monoisotopic (exact) mass is 167 g/mol. The second-order valence-electron chi connectivity index (χ2n) is 2.77. The fourth-order valence-corrected chi connectivity index (χ4v) is 1.47. The number of aliphatic carboxylic acids is 1. The Hall–Kier alpha value is -1.29. The Morgan fingerprint density at radius 1 is 1.75 bits per heavy atom. The average molecular weight is 167 g/mol. The molecule has 1 aliphatic heterocycles. The molecule has 1 aliphatic rings. The van der Waals surface area contributed by atoms with Crippen LogP contribution in [-0.4, -0.2) is 17.6 Å². The van der Waals surface area contributed by atoms with Crippen LogP contribution in [0.3, 0.4) is 0 Å². The van der Waals surface area contributed by atoms with E-state index in [9.17, 15) is 4.79 Å². The van der Waals surface area contributed by atoms with Crippen LogP contribution in [0.5, 0.6) is 0 Å². The van der Waals surface area contributed by atoms with E-state index in [1.54, 1.807) is 6.07 Å². The fourth-order valence-electron chi connectivity index (χ4n) is 1.47. The SMILES string of the molecule is O=C(O)[C@@H]1NCCc2occc21. The molecule has 12 heavy (non-hydrogen) atoms. The average Bonchev–Trinajstić information content (AvgIpc) is 2.49. The Kier molecular flexibility index (Phi) is 1.62. The molecule has 4 heteroatoms. The molecule has 2 N–H and O–H groups in total. The lowest BCUT2D eigenvalue weighted by Crippen LogP contribution is -2.34. The zero-order valence-electron chi connectivity index (χ0n) is 6.41. The standard InChI is InChI=1S/C8H9NO3/c10-8(11)7-5-2-4-12-6(5)1-3-9-7/h2,4,7,9H,1,3H2,(H,10,11)/t7-/m1/s1.